The Morgan fingerprint density at radius 3 is 2.95 bits per heavy atom. The number of hydrogen-bond donors (Lipinski definition) is 1. The lowest BCUT2D eigenvalue weighted by Gasteiger charge is -2.26. The Morgan fingerprint density at radius 2 is 2.19 bits per heavy atom. The highest BCUT2D eigenvalue weighted by Gasteiger charge is 2.24. The predicted octanol–water partition coefficient (Wildman–Crippen LogP) is 3.55. The monoisotopic (exact) mass is 307 g/mol. The van der Waals surface area contributed by atoms with Gasteiger partial charge in [0.2, 0.25) is 0 Å². The number of nitrogens with one attached hydrogen (secondary N) is 1. The molecule has 1 N–H and O–H groups in total. The molecule has 0 aliphatic carbocycles. The molecule has 0 amide bonds. The molecule has 0 aromatic carbocycles. The summed E-state index contributed by atoms with van der Waals surface area (Å²) < 4.78 is 0.401. The Bertz CT molecular complexity index is 445. The number of thioether (sulfide) groups is 1. The topological polar surface area (TPSA) is 28.2 Å². The SMILES string of the molecule is CC(C)CNCc1cnccc1N1CCSC(C)(C)CC1. The Morgan fingerprint density at radius 1 is 1.38 bits per heavy atom. The molecule has 118 valence electrons. The van der Waals surface area contributed by atoms with Crippen LogP contribution in [0.2, 0.25) is 0 Å². The second-order valence-electron chi connectivity index (χ2n) is 6.87. The minimum Gasteiger partial charge on any atom is -0.370 e. The molecule has 1 aromatic rings. The van der Waals surface area contributed by atoms with Gasteiger partial charge in [0, 0.05) is 53.8 Å². The Labute approximate surface area is 133 Å². The maximum absolute atomic E-state index is 4.32. The van der Waals surface area contributed by atoms with Crippen LogP contribution in [0.4, 0.5) is 5.69 Å². The average molecular weight is 308 g/mol. The summed E-state index contributed by atoms with van der Waals surface area (Å²) in [5.41, 5.74) is 2.68. The van der Waals surface area contributed by atoms with Gasteiger partial charge in [0.05, 0.1) is 0 Å². The highest BCUT2D eigenvalue weighted by Crippen LogP contribution is 2.33. The van der Waals surface area contributed by atoms with Crippen LogP contribution in [0, 0.1) is 5.92 Å². The van der Waals surface area contributed by atoms with Crippen LogP contribution in [0.3, 0.4) is 0 Å². The van der Waals surface area contributed by atoms with E-state index in [1.54, 1.807) is 0 Å². The van der Waals surface area contributed by atoms with Crippen molar-refractivity contribution in [2.24, 2.45) is 5.92 Å². The van der Waals surface area contributed by atoms with Crippen molar-refractivity contribution in [2.45, 2.75) is 45.4 Å². The first-order valence-corrected chi connectivity index (χ1v) is 8.99. The average Bonchev–Trinajstić information content (AvgIpc) is 2.60. The number of hydrogen-bond acceptors (Lipinski definition) is 4. The first-order valence-electron chi connectivity index (χ1n) is 8.00. The van der Waals surface area contributed by atoms with E-state index in [1.165, 1.54) is 23.4 Å². The summed E-state index contributed by atoms with van der Waals surface area (Å²) in [7, 11) is 0. The number of aromatic nitrogens is 1. The quantitative estimate of drug-likeness (QED) is 0.900. The molecule has 0 spiro atoms. The van der Waals surface area contributed by atoms with Gasteiger partial charge in [-0.25, -0.2) is 0 Å². The lowest BCUT2D eigenvalue weighted by atomic mass is 10.1. The molecule has 1 aromatic heterocycles. The minimum atomic E-state index is 0.401. The third-order valence-corrected chi connectivity index (χ3v) is 5.30. The van der Waals surface area contributed by atoms with Crippen LogP contribution in [0.1, 0.15) is 39.7 Å². The van der Waals surface area contributed by atoms with Crippen LogP contribution in [-0.4, -0.2) is 35.1 Å². The van der Waals surface area contributed by atoms with Crippen LogP contribution < -0.4 is 10.2 Å². The molecule has 0 saturated carbocycles. The summed E-state index contributed by atoms with van der Waals surface area (Å²) in [6.45, 7) is 13.4. The molecule has 0 unspecified atom stereocenters. The van der Waals surface area contributed by atoms with Crippen molar-refractivity contribution in [1.82, 2.24) is 10.3 Å². The van der Waals surface area contributed by atoms with Gasteiger partial charge in [0.15, 0.2) is 0 Å². The van der Waals surface area contributed by atoms with Crippen LogP contribution in [-0.2, 0) is 6.54 Å². The zero-order valence-corrected chi connectivity index (χ0v) is 14.7. The maximum Gasteiger partial charge on any atom is 0.0443 e. The van der Waals surface area contributed by atoms with Crippen molar-refractivity contribution >= 4 is 17.4 Å². The lowest BCUT2D eigenvalue weighted by Crippen LogP contribution is -2.29. The zero-order valence-electron chi connectivity index (χ0n) is 13.9. The molecule has 1 saturated heterocycles. The van der Waals surface area contributed by atoms with Gasteiger partial charge < -0.3 is 10.2 Å². The molecule has 0 atom stereocenters. The van der Waals surface area contributed by atoms with Crippen LogP contribution >= 0.6 is 11.8 Å². The molecule has 1 fully saturated rings. The van der Waals surface area contributed by atoms with E-state index >= 15 is 0 Å². The molecular formula is C17H29N3S. The van der Waals surface area contributed by atoms with E-state index < -0.39 is 0 Å². The van der Waals surface area contributed by atoms with Crippen LogP contribution in [0.15, 0.2) is 18.5 Å². The highest BCUT2D eigenvalue weighted by molar-refractivity contribution is 8.00. The van der Waals surface area contributed by atoms with E-state index in [4.69, 9.17) is 0 Å². The summed E-state index contributed by atoms with van der Waals surface area (Å²) >= 11 is 2.09. The molecule has 0 bridgehead atoms. The third-order valence-electron chi connectivity index (χ3n) is 3.92. The van der Waals surface area contributed by atoms with E-state index in [1.807, 2.05) is 12.4 Å². The fourth-order valence-corrected chi connectivity index (χ4v) is 3.72. The van der Waals surface area contributed by atoms with Crippen molar-refractivity contribution in [3.63, 3.8) is 0 Å². The highest BCUT2D eigenvalue weighted by atomic mass is 32.2. The van der Waals surface area contributed by atoms with Crippen molar-refractivity contribution in [1.29, 1.82) is 0 Å². The maximum atomic E-state index is 4.32. The second-order valence-corrected chi connectivity index (χ2v) is 8.68. The fourth-order valence-electron chi connectivity index (χ4n) is 2.62. The van der Waals surface area contributed by atoms with Gasteiger partial charge in [-0.15, -0.1) is 0 Å². The number of rotatable bonds is 5. The largest absolute Gasteiger partial charge is 0.370 e. The van der Waals surface area contributed by atoms with Crippen molar-refractivity contribution in [3.8, 4) is 0 Å². The molecule has 3 nitrogen and oxygen atoms in total. The number of anilines is 1. The van der Waals surface area contributed by atoms with Crippen molar-refractivity contribution < 1.29 is 0 Å². The van der Waals surface area contributed by atoms with E-state index in [-0.39, 0.29) is 0 Å². The van der Waals surface area contributed by atoms with Crippen LogP contribution in [0.25, 0.3) is 0 Å². The van der Waals surface area contributed by atoms with E-state index in [9.17, 15) is 0 Å². The Hall–Kier alpha value is -0.740. The number of pyridine rings is 1. The summed E-state index contributed by atoms with van der Waals surface area (Å²) in [4.78, 5) is 6.86. The molecule has 2 heterocycles. The molecule has 2 rings (SSSR count). The van der Waals surface area contributed by atoms with Crippen LogP contribution in [0.5, 0.6) is 0 Å². The van der Waals surface area contributed by atoms with E-state index in [2.05, 4.69) is 60.7 Å². The predicted molar refractivity (Wildman–Crippen MR) is 94.1 cm³/mol. The first kappa shape index (κ1) is 16.6. The molecular weight excluding hydrogens is 278 g/mol. The van der Waals surface area contributed by atoms with E-state index in [0.29, 0.717) is 10.7 Å². The van der Waals surface area contributed by atoms with Crippen molar-refractivity contribution in [2.75, 3.05) is 30.3 Å². The fraction of sp³-hybridized carbons (Fsp3) is 0.706. The Kier molecular flexibility index (Phi) is 5.94. The summed E-state index contributed by atoms with van der Waals surface area (Å²) in [5, 5.41) is 3.54. The normalized spacial score (nSPS) is 18.8. The molecule has 0 radical (unpaired) electrons. The summed E-state index contributed by atoms with van der Waals surface area (Å²) in [6, 6.07) is 2.18. The molecule has 4 heteroatoms. The standard InChI is InChI=1S/C17H29N3S/c1-14(2)11-19-13-15-12-18-7-5-16(15)20-8-6-17(3,4)21-10-9-20/h5,7,12,14,19H,6,8-11,13H2,1-4H3. The summed E-state index contributed by atoms with van der Waals surface area (Å²) in [5.74, 6) is 1.88. The van der Waals surface area contributed by atoms with Gasteiger partial charge in [0.1, 0.15) is 0 Å². The zero-order chi connectivity index (χ0) is 15.3. The minimum absolute atomic E-state index is 0.401. The van der Waals surface area contributed by atoms with Gasteiger partial charge in [-0.05, 0) is 24.9 Å². The number of nitrogens with zero attached hydrogens (tertiary/aromatic N) is 2. The van der Waals surface area contributed by atoms with Gasteiger partial charge in [-0.2, -0.15) is 11.8 Å². The first-order chi connectivity index (χ1) is 9.98. The van der Waals surface area contributed by atoms with Gasteiger partial charge >= 0.3 is 0 Å². The van der Waals surface area contributed by atoms with E-state index in [0.717, 1.165) is 26.2 Å². The van der Waals surface area contributed by atoms with Gasteiger partial charge in [-0.1, -0.05) is 27.7 Å². The Balaban J connectivity index is 2.05. The molecule has 1 aliphatic heterocycles. The van der Waals surface area contributed by atoms with Gasteiger partial charge in [0.25, 0.3) is 0 Å². The smallest absolute Gasteiger partial charge is 0.0443 e. The van der Waals surface area contributed by atoms with Gasteiger partial charge in [-0.3, -0.25) is 4.98 Å². The molecule has 1 aliphatic rings. The summed E-state index contributed by atoms with van der Waals surface area (Å²) in [6.07, 6.45) is 5.18. The lowest BCUT2D eigenvalue weighted by molar-refractivity contribution is 0.551. The van der Waals surface area contributed by atoms with Crippen molar-refractivity contribution in [3.05, 3.63) is 24.0 Å². The third kappa shape index (κ3) is 5.19. The molecule has 21 heavy (non-hydrogen) atoms. The second kappa shape index (κ2) is 7.50.